The maximum absolute atomic E-state index is 10.8. The van der Waals surface area contributed by atoms with Crippen molar-refractivity contribution < 1.29 is 9.53 Å². The van der Waals surface area contributed by atoms with Crippen LogP contribution >= 0.6 is 0 Å². The van der Waals surface area contributed by atoms with E-state index in [2.05, 4.69) is 9.72 Å². The second-order valence-electron chi connectivity index (χ2n) is 3.45. The molecule has 0 saturated carbocycles. The number of nitrogens with zero attached hydrogens (tertiary/aromatic N) is 2. The zero-order valence-electron chi connectivity index (χ0n) is 9.27. The van der Waals surface area contributed by atoms with Gasteiger partial charge in [0, 0.05) is 12.6 Å². The highest BCUT2D eigenvalue weighted by Gasteiger charge is 2.00. The van der Waals surface area contributed by atoms with E-state index in [-0.39, 0.29) is 5.97 Å². The van der Waals surface area contributed by atoms with E-state index >= 15 is 0 Å². The predicted molar refractivity (Wildman–Crippen MR) is 58.5 cm³/mol. The number of hydrogen-bond acceptors (Lipinski definition) is 4. The van der Waals surface area contributed by atoms with Crippen molar-refractivity contribution in [1.82, 2.24) is 4.98 Å². The number of carbonyl (C=O) groups is 1. The second-order valence-corrected chi connectivity index (χ2v) is 3.45. The second kappa shape index (κ2) is 6.57. The molecule has 16 heavy (non-hydrogen) atoms. The summed E-state index contributed by atoms with van der Waals surface area (Å²) in [5.74, 6) is -0.169. The van der Waals surface area contributed by atoms with Crippen molar-refractivity contribution in [2.75, 3.05) is 7.11 Å². The van der Waals surface area contributed by atoms with E-state index in [0.29, 0.717) is 12.1 Å². The number of rotatable bonds is 5. The first-order valence-corrected chi connectivity index (χ1v) is 5.18. The molecule has 4 nitrogen and oxygen atoms in total. The van der Waals surface area contributed by atoms with Gasteiger partial charge in [-0.3, -0.25) is 4.79 Å². The van der Waals surface area contributed by atoms with E-state index < -0.39 is 0 Å². The lowest BCUT2D eigenvalue weighted by molar-refractivity contribution is -0.140. The Labute approximate surface area is 94.9 Å². The number of nitriles is 1. The zero-order valence-corrected chi connectivity index (χ0v) is 9.27. The predicted octanol–water partition coefficient (Wildman–Crippen LogP) is 1.84. The van der Waals surface area contributed by atoms with E-state index in [0.717, 1.165) is 24.8 Å². The molecule has 4 heteroatoms. The van der Waals surface area contributed by atoms with Gasteiger partial charge >= 0.3 is 5.97 Å². The van der Waals surface area contributed by atoms with Gasteiger partial charge in [0.05, 0.1) is 7.11 Å². The minimum atomic E-state index is -0.169. The number of ether oxygens (including phenoxy) is 1. The van der Waals surface area contributed by atoms with Crippen LogP contribution in [0.25, 0.3) is 0 Å². The number of aryl methyl sites for hydroxylation is 1. The first kappa shape index (κ1) is 12.2. The Morgan fingerprint density at radius 1 is 1.50 bits per heavy atom. The Kier molecular flexibility index (Phi) is 5.00. The number of pyridine rings is 1. The molecule has 0 aromatic carbocycles. The van der Waals surface area contributed by atoms with Gasteiger partial charge in [-0.2, -0.15) is 5.26 Å². The molecule has 0 amide bonds. The number of methoxy groups -OCH3 is 1. The van der Waals surface area contributed by atoms with Crippen LogP contribution in [0.1, 0.15) is 30.5 Å². The summed E-state index contributed by atoms with van der Waals surface area (Å²) in [4.78, 5) is 14.8. The summed E-state index contributed by atoms with van der Waals surface area (Å²) in [6.07, 6.45) is 4.77. The summed E-state index contributed by atoms with van der Waals surface area (Å²) in [6.45, 7) is 0. The lowest BCUT2D eigenvalue weighted by Crippen LogP contribution is -1.99. The standard InChI is InChI=1S/C12H14N2O2/c1-16-12(15)5-3-2-4-10-6-7-11(8-13)14-9-10/h6-7,9H,2-5H2,1H3. The summed E-state index contributed by atoms with van der Waals surface area (Å²) in [5.41, 5.74) is 1.52. The summed E-state index contributed by atoms with van der Waals surface area (Å²) in [7, 11) is 1.40. The molecule has 0 aliphatic heterocycles. The quantitative estimate of drug-likeness (QED) is 0.558. The van der Waals surface area contributed by atoms with Gasteiger partial charge in [-0.25, -0.2) is 4.98 Å². The molecule has 0 unspecified atom stereocenters. The molecule has 1 aromatic rings. The normalized spacial score (nSPS) is 9.50. The molecule has 0 spiro atoms. The average molecular weight is 218 g/mol. The van der Waals surface area contributed by atoms with Crippen molar-refractivity contribution in [3.05, 3.63) is 29.6 Å². The van der Waals surface area contributed by atoms with Crippen LogP contribution in [-0.2, 0) is 16.0 Å². The smallest absolute Gasteiger partial charge is 0.305 e. The molecule has 0 radical (unpaired) electrons. The third kappa shape index (κ3) is 4.09. The Hall–Kier alpha value is -1.89. The van der Waals surface area contributed by atoms with Crippen LogP contribution in [-0.4, -0.2) is 18.1 Å². The van der Waals surface area contributed by atoms with E-state index in [1.165, 1.54) is 7.11 Å². The number of hydrogen-bond donors (Lipinski definition) is 0. The molecule has 1 rings (SSSR count). The fraction of sp³-hybridized carbons (Fsp3) is 0.417. The molecule has 1 heterocycles. The molecule has 0 bridgehead atoms. The number of unbranched alkanes of at least 4 members (excludes halogenated alkanes) is 1. The van der Waals surface area contributed by atoms with Gasteiger partial charge in [0.1, 0.15) is 11.8 Å². The van der Waals surface area contributed by atoms with Gasteiger partial charge in [-0.05, 0) is 30.9 Å². The Morgan fingerprint density at radius 3 is 2.88 bits per heavy atom. The fourth-order valence-electron chi connectivity index (χ4n) is 1.34. The molecule has 1 aromatic heterocycles. The maximum atomic E-state index is 10.8. The van der Waals surface area contributed by atoms with Crippen molar-refractivity contribution in [3.63, 3.8) is 0 Å². The number of aromatic nitrogens is 1. The first-order chi connectivity index (χ1) is 7.76. The van der Waals surface area contributed by atoms with E-state index in [1.807, 2.05) is 12.1 Å². The summed E-state index contributed by atoms with van der Waals surface area (Å²) in [6, 6.07) is 5.57. The zero-order chi connectivity index (χ0) is 11.8. The molecule has 0 fully saturated rings. The van der Waals surface area contributed by atoms with Crippen molar-refractivity contribution in [3.8, 4) is 6.07 Å². The highest BCUT2D eigenvalue weighted by atomic mass is 16.5. The van der Waals surface area contributed by atoms with Crippen LogP contribution in [0.15, 0.2) is 18.3 Å². The Bertz CT molecular complexity index is 379. The van der Waals surface area contributed by atoms with E-state index in [4.69, 9.17) is 5.26 Å². The third-order valence-corrected chi connectivity index (χ3v) is 2.26. The van der Waals surface area contributed by atoms with Crippen molar-refractivity contribution in [1.29, 1.82) is 5.26 Å². The Morgan fingerprint density at radius 2 is 2.31 bits per heavy atom. The van der Waals surface area contributed by atoms with Crippen LogP contribution in [0.2, 0.25) is 0 Å². The third-order valence-electron chi connectivity index (χ3n) is 2.26. The van der Waals surface area contributed by atoms with Crippen LogP contribution in [0.5, 0.6) is 0 Å². The minimum absolute atomic E-state index is 0.169. The van der Waals surface area contributed by atoms with Gasteiger partial charge in [-0.1, -0.05) is 6.07 Å². The summed E-state index contributed by atoms with van der Waals surface area (Å²) < 4.78 is 4.55. The maximum Gasteiger partial charge on any atom is 0.305 e. The molecule has 0 saturated heterocycles. The van der Waals surface area contributed by atoms with Crippen molar-refractivity contribution >= 4 is 5.97 Å². The molecule has 0 aliphatic carbocycles. The first-order valence-electron chi connectivity index (χ1n) is 5.18. The van der Waals surface area contributed by atoms with Gasteiger partial charge in [0.15, 0.2) is 0 Å². The minimum Gasteiger partial charge on any atom is -0.469 e. The molecular weight excluding hydrogens is 204 g/mol. The molecular formula is C12H14N2O2. The SMILES string of the molecule is COC(=O)CCCCc1ccc(C#N)nc1. The number of esters is 1. The van der Waals surface area contributed by atoms with Crippen LogP contribution in [0.4, 0.5) is 0 Å². The van der Waals surface area contributed by atoms with Crippen molar-refractivity contribution in [2.24, 2.45) is 0 Å². The summed E-state index contributed by atoms with van der Waals surface area (Å²) in [5, 5.41) is 8.57. The van der Waals surface area contributed by atoms with Crippen LogP contribution in [0, 0.1) is 11.3 Å². The largest absolute Gasteiger partial charge is 0.469 e. The molecule has 84 valence electrons. The van der Waals surface area contributed by atoms with Crippen LogP contribution in [0.3, 0.4) is 0 Å². The lowest BCUT2D eigenvalue weighted by Gasteiger charge is -2.00. The van der Waals surface area contributed by atoms with E-state index in [9.17, 15) is 4.79 Å². The van der Waals surface area contributed by atoms with Gasteiger partial charge in [-0.15, -0.1) is 0 Å². The van der Waals surface area contributed by atoms with Crippen molar-refractivity contribution in [2.45, 2.75) is 25.7 Å². The van der Waals surface area contributed by atoms with Gasteiger partial charge in [0.2, 0.25) is 0 Å². The highest BCUT2D eigenvalue weighted by Crippen LogP contribution is 2.06. The topological polar surface area (TPSA) is 63.0 Å². The Balaban J connectivity index is 2.27. The lowest BCUT2D eigenvalue weighted by atomic mass is 10.1. The van der Waals surface area contributed by atoms with Gasteiger partial charge in [0.25, 0.3) is 0 Å². The van der Waals surface area contributed by atoms with Gasteiger partial charge < -0.3 is 4.74 Å². The van der Waals surface area contributed by atoms with Crippen LogP contribution < -0.4 is 0 Å². The molecule has 0 aliphatic rings. The highest BCUT2D eigenvalue weighted by molar-refractivity contribution is 5.68. The monoisotopic (exact) mass is 218 g/mol. The van der Waals surface area contributed by atoms with E-state index in [1.54, 1.807) is 12.3 Å². The fourth-order valence-corrected chi connectivity index (χ4v) is 1.34. The molecule has 0 N–H and O–H groups in total. The summed E-state index contributed by atoms with van der Waals surface area (Å²) >= 11 is 0. The average Bonchev–Trinajstić information content (AvgIpc) is 2.35. The number of carbonyl (C=O) groups excluding carboxylic acids is 1. The molecule has 0 atom stereocenters.